The minimum absolute atomic E-state index is 0.0749. The molecule has 148 valence electrons. The molecule has 4 rings (SSSR count). The number of hydrogen-bond acceptors (Lipinski definition) is 5. The first-order chi connectivity index (χ1) is 13.3. The van der Waals surface area contributed by atoms with Crippen molar-refractivity contribution in [1.82, 2.24) is 4.90 Å². The molecule has 9 heteroatoms. The lowest BCUT2D eigenvalue weighted by Gasteiger charge is -2.26. The summed E-state index contributed by atoms with van der Waals surface area (Å²) in [6.07, 6.45) is 0. The van der Waals surface area contributed by atoms with Crippen molar-refractivity contribution in [2.24, 2.45) is 4.99 Å². The molecule has 2 aromatic rings. The van der Waals surface area contributed by atoms with Crippen LogP contribution in [0.1, 0.15) is 11.1 Å². The SMILES string of the molecule is O=S1(=O)C[C@H]2N=C(SCc3ccc(Br)cc3F)N(Cc3ccc(Cl)cc3)[C@H]2C1. The molecule has 0 aromatic heterocycles. The minimum atomic E-state index is -3.08. The van der Waals surface area contributed by atoms with Crippen molar-refractivity contribution in [3.63, 3.8) is 0 Å². The summed E-state index contributed by atoms with van der Waals surface area (Å²) < 4.78 is 39.0. The van der Waals surface area contributed by atoms with Gasteiger partial charge < -0.3 is 4.90 Å². The van der Waals surface area contributed by atoms with Gasteiger partial charge in [0.1, 0.15) is 5.82 Å². The lowest BCUT2D eigenvalue weighted by atomic mass is 10.1. The number of halogens is 3. The van der Waals surface area contributed by atoms with Gasteiger partial charge >= 0.3 is 0 Å². The van der Waals surface area contributed by atoms with Crippen LogP contribution in [0.2, 0.25) is 5.02 Å². The Labute approximate surface area is 181 Å². The van der Waals surface area contributed by atoms with Crippen LogP contribution in [0.15, 0.2) is 51.9 Å². The van der Waals surface area contributed by atoms with Crippen molar-refractivity contribution in [3.8, 4) is 0 Å². The van der Waals surface area contributed by atoms with Crippen molar-refractivity contribution in [2.75, 3.05) is 11.5 Å². The van der Waals surface area contributed by atoms with Gasteiger partial charge in [-0.15, -0.1) is 0 Å². The average molecular weight is 504 g/mol. The number of thioether (sulfide) groups is 1. The van der Waals surface area contributed by atoms with Gasteiger partial charge in [-0.3, -0.25) is 4.99 Å². The van der Waals surface area contributed by atoms with E-state index in [0.29, 0.717) is 27.4 Å². The molecule has 0 saturated carbocycles. The van der Waals surface area contributed by atoms with Gasteiger partial charge in [0.15, 0.2) is 15.0 Å². The molecule has 2 aliphatic rings. The van der Waals surface area contributed by atoms with E-state index in [1.807, 2.05) is 35.2 Å². The monoisotopic (exact) mass is 502 g/mol. The van der Waals surface area contributed by atoms with Crippen LogP contribution in [-0.2, 0) is 22.1 Å². The number of aliphatic imine (C=N–C) groups is 1. The molecule has 28 heavy (non-hydrogen) atoms. The van der Waals surface area contributed by atoms with Crippen molar-refractivity contribution in [1.29, 1.82) is 0 Å². The topological polar surface area (TPSA) is 49.7 Å². The zero-order valence-corrected chi connectivity index (χ0v) is 18.7. The number of amidine groups is 1. The second-order valence-corrected chi connectivity index (χ2v) is 11.4. The number of fused-ring (bicyclic) bond motifs is 1. The van der Waals surface area contributed by atoms with E-state index in [9.17, 15) is 12.8 Å². The Kier molecular flexibility index (Phi) is 5.75. The third-order valence-corrected chi connectivity index (χ3v) is 8.35. The molecule has 2 heterocycles. The number of hydrogen-bond donors (Lipinski definition) is 0. The van der Waals surface area contributed by atoms with Crippen LogP contribution < -0.4 is 0 Å². The zero-order chi connectivity index (χ0) is 19.9. The summed E-state index contributed by atoms with van der Waals surface area (Å²) in [6, 6.07) is 12.1. The molecule has 0 bridgehead atoms. The van der Waals surface area contributed by atoms with E-state index in [2.05, 4.69) is 20.9 Å². The molecular weight excluding hydrogens is 487 g/mol. The maximum absolute atomic E-state index is 14.1. The molecule has 4 nitrogen and oxygen atoms in total. The fourth-order valence-electron chi connectivity index (χ4n) is 3.46. The average Bonchev–Trinajstić information content (AvgIpc) is 3.08. The Balaban J connectivity index is 1.55. The summed E-state index contributed by atoms with van der Waals surface area (Å²) in [5.41, 5.74) is 1.62. The van der Waals surface area contributed by atoms with Crippen molar-refractivity contribution >= 4 is 54.3 Å². The van der Waals surface area contributed by atoms with E-state index < -0.39 is 9.84 Å². The van der Waals surface area contributed by atoms with Gasteiger partial charge in [-0.25, -0.2) is 12.8 Å². The summed E-state index contributed by atoms with van der Waals surface area (Å²) in [5.74, 6) is 0.338. The first-order valence-electron chi connectivity index (χ1n) is 8.67. The highest BCUT2D eigenvalue weighted by Gasteiger charge is 2.46. The molecule has 0 amide bonds. The van der Waals surface area contributed by atoms with Gasteiger partial charge in [-0.05, 0) is 35.4 Å². The fourth-order valence-corrected chi connectivity index (χ4v) is 6.89. The summed E-state index contributed by atoms with van der Waals surface area (Å²) >= 11 is 10.7. The summed E-state index contributed by atoms with van der Waals surface area (Å²) in [5, 5.41) is 1.42. The maximum Gasteiger partial charge on any atom is 0.160 e. The fraction of sp³-hybridized carbons (Fsp3) is 0.316. The smallest absolute Gasteiger partial charge is 0.160 e. The lowest BCUT2D eigenvalue weighted by molar-refractivity contribution is 0.343. The van der Waals surface area contributed by atoms with Crippen LogP contribution >= 0.6 is 39.3 Å². The van der Waals surface area contributed by atoms with Crippen LogP contribution in [0.4, 0.5) is 4.39 Å². The normalized spacial score (nSPS) is 23.0. The summed E-state index contributed by atoms with van der Waals surface area (Å²) in [7, 11) is -3.08. The highest BCUT2D eigenvalue weighted by Crippen LogP contribution is 2.34. The van der Waals surface area contributed by atoms with Gasteiger partial charge in [0, 0.05) is 21.8 Å². The van der Waals surface area contributed by atoms with E-state index in [0.717, 1.165) is 10.7 Å². The number of rotatable bonds is 4. The molecule has 0 radical (unpaired) electrons. The Morgan fingerprint density at radius 1 is 1.21 bits per heavy atom. The van der Waals surface area contributed by atoms with Gasteiger partial charge in [0.25, 0.3) is 0 Å². The third-order valence-electron chi connectivity index (χ3n) is 4.85. The van der Waals surface area contributed by atoms with Crippen LogP contribution in [0.5, 0.6) is 0 Å². The Morgan fingerprint density at radius 2 is 1.96 bits per heavy atom. The van der Waals surface area contributed by atoms with Crippen molar-refractivity contribution < 1.29 is 12.8 Å². The van der Waals surface area contributed by atoms with Gasteiger partial charge in [0.05, 0.1) is 23.6 Å². The zero-order valence-electron chi connectivity index (χ0n) is 14.7. The summed E-state index contributed by atoms with van der Waals surface area (Å²) in [6.45, 7) is 0.544. The molecule has 1 saturated heterocycles. The van der Waals surface area contributed by atoms with Gasteiger partial charge in [0.2, 0.25) is 0 Å². The molecule has 0 N–H and O–H groups in total. The van der Waals surface area contributed by atoms with Crippen molar-refractivity contribution in [2.45, 2.75) is 24.4 Å². The first kappa shape index (κ1) is 20.2. The van der Waals surface area contributed by atoms with Crippen LogP contribution in [0.25, 0.3) is 0 Å². The standard InChI is InChI=1S/C19H17BrClFN2O2S2/c20-14-4-3-13(16(22)7-14)9-27-19-23-17-10-28(25,26)11-18(17)24(19)8-12-1-5-15(21)6-2-12/h1-7,17-18H,8-11H2/t17-,18+/m1/s1. The van der Waals surface area contributed by atoms with Crippen LogP contribution in [0, 0.1) is 5.82 Å². The molecular formula is C19H17BrClFN2O2S2. The van der Waals surface area contributed by atoms with Crippen LogP contribution in [-0.4, -0.2) is 42.1 Å². The van der Waals surface area contributed by atoms with E-state index in [-0.39, 0.29) is 29.4 Å². The Morgan fingerprint density at radius 3 is 2.68 bits per heavy atom. The first-order valence-corrected chi connectivity index (χ1v) is 12.6. The molecule has 0 aliphatic carbocycles. The number of sulfone groups is 1. The molecule has 2 aliphatic heterocycles. The Bertz CT molecular complexity index is 1030. The lowest BCUT2D eigenvalue weighted by Crippen LogP contribution is -2.38. The molecule has 1 fully saturated rings. The molecule has 0 unspecified atom stereocenters. The molecule has 2 atom stereocenters. The molecule has 2 aromatic carbocycles. The maximum atomic E-state index is 14.1. The number of nitrogens with zero attached hydrogens (tertiary/aromatic N) is 2. The predicted octanol–water partition coefficient (Wildman–Crippen LogP) is 4.51. The van der Waals surface area contributed by atoms with E-state index in [4.69, 9.17) is 11.6 Å². The predicted molar refractivity (Wildman–Crippen MR) is 116 cm³/mol. The van der Waals surface area contributed by atoms with Gasteiger partial charge in [-0.1, -0.05) is 57.5 Å². The second-order valence-electron chi connectivity index (χ2n) is 6.90. The number of benzene rings is 2. The van der Waals surface area contributed by atoms with Gasteiger partial charge in [-0.2, -0.15) is 0 Å². The minimum Gasteiger partial charge on any atom is -0.341 e. The van der Waals surface area contributed by atoms with Crippen LogP contribution in [0.3, 0.4) is 0 Å². The largest absolute Gasteiger partial charge is 0.341 e. The Hall–Kier alpha value is -1.09. The second kappa shape index (κ2) is 7.97. The highest BCUT2D eigenvalue weighted by atomic mass is 79.9. The third kappa shape index (κ3) is 4.40. The van der Waals surface area contributed by atoms with E-state index >= 15 is 0 Å². The summed E-state index contributed by atoms with van der Waals surface area (Å²) in [4.78, 5) is 6.71. The molecule has 0 spiro atoms. The quantitative estimate of drug-likeness (QED) is 0.616. The van der Waals surface area contributed by atoms with E-state index in [1.54, 1.807) is 6.07 Å². The van der Waals surface area contributed by atoms with Crippen molar-refractivity contribution in [3.05, 3.63) is 68.9 Å². The van der Waals surface area contributed by atoms with E-state index in [1.165, 1.54) is 17.8 Å². The highest BCUT2D eigenvalue weighted by molar-refractivity contribution is 9.10.